The monoisotopic (exact) mass is 273 g/mol. The van der Waals surface area contributed by atoms with Gasteiger partial charge in [0.1, 0.15) is 0 Å². The molecule has 0 fully saturated rings. The first-order valence-electron chi connectivity index (χ1n) is 6.57. The van der Waals surface area contributed by atoms with Crippen LogP contribution in [0.4, 0.5) is 5.69 Å². The Balaban J connectivity index is 2.04. The number of benzene rings is 1. The van der Waals surface area contributed by atoms with Crippen molar-refractivity contribution in [2.75, 3.05) is 12.8 Å². The Morgan fingerprint density at radius 1 is 1.30 bits per heavy atom. The molecule has 0 spiro atoms. The highest BCUT2D eigenvalue weighted by Crippen LogP contribution is 2.10. The second-order valence-corrected chi connectivity index (χ2v) is 4.72. The molecule has 0 bridgehead atoms. The van der Waals surface area contributed by atoms with E-state index in [1.165, 1.54) is 18.7 Å². The average Bonchev–Trinajstić information content (AvgIpc) is 2.42. The molecule has 1 aromatic carbocycles. The molecule has 0 saturated heterocycles. The number of aromatic nitrogens is 2. The van der Waals surface area contributed by atoms with Crippen molar-refractivity contribution in [1.82, 2.24) is 9.55 Å². The van der Waals surface area contributed by atoms with Crippen LogP contribution in [0.1, 0.15) is 17.7 Å². The molecular formula is C15H19N3O2. The van der Waals surface area contributed by atoms with Gasteiger partial charge in [-0.2, -0.15) is 0 Å². The molecule has 0 unspecified atom stereocenters. The Bertz CT molecular complexity index is 633. The lowest BCUT2D eigenvalue weighted by atomic mass is 10.1. The van der Waals surface area contributed by atoms with Gasteiger partial charge in [0, 0.05) is 24.0 Å². The van der Waals surface area contributed by atoms with Crippen LogP contribution in [-0.4, -0.2) is 16.7 Å². The fraction of sp³-hybridized carbons (Fsp3) is 0.333. The minimum Gasteiger partial charge on any atom is -0.468 e. The van der Waals surface area contributed by atoms with E-state index >= 15 is 0 Å². The van der Waals surface area contributed by atoms with Crippen molar-refractivity contribution in [1.29, 1.82) is 0 Å². The highest BCUT2D eigenvalue weighted by Gasteiger charge is 2.06. The normalized spacial score (nSPS) is 10.5. The molecule has 0 atom stereocenters. The Morgan fingerprint density at radius 3 is 2.65 bits per heavy atom. The van der Waals surface area contributed by atoms with Gasteiger partial charge >= 0.3 is 0 Å². The molecular weight excluding hydrogens is 254 g/mol. The predicted molar refractivity (Wildman–Crippen MR) is 79.0 cm³/mol. The third kappa shape index (κ3) is 3.38. The van der Waals surface area contributed by atoms with E-state index in [0.717, 1.165) is 18.5 Å². The summed E-state index contributed by atoms with van der Waals surface area (Å²) < 4.78 is 6.72. The largest absolute Gasteiger partial charge is 0.468 e. The van der Waals surface area contributed by atoms with Crippen LogP contribution in [0.15, 0.2) is 35.1 Å². The smallest absolute Gasteiger partial charge is 0.299 e. The fourth-order valence-corrected chi connectivity index (χ4v) is 2.08. The van der Waals surface area contributed by atoms with Crippen LogP contribution in [0.25, 0.3) is 0 Å². The van der Waals surface area contributed by atoms with Crippen LogP contribution in [0.3, 0.4) is 0 Å². The minimum absolute atomic E-state index is 0.0772. The SMILES string of the molecule is COc1nc(C)cc(=O)n1CCCc1ccc(N)cc1. The summed E-state index contributed by atoms with van der Waals surface area (Å²) in [4.78, 5) is 16.1. The number of nitrogens with zero attached hydrogens (tertiary/aromatic N) is 2. The molecule has 2 rings (SSSR count). The van der Waals surface area contributed by atoms with Crippen molar-refractivity contribution in [3.8, 4) is 6.01 Å². The molecule has 0 radical (unpaired) electrons. The van der Waals surface area contributed by atoms with E-state index in [1.807, 2.05) is 24.3 Å². The molecule has 2 aromatic rings. The van der Waals surface area contributed by atoms with Crippen LogP contribution in [0, 0.1) is 6.92 Å². The average molecular weight is 273 g/mol. The van der Waals surface area contributed by atoms with Crippen LogP contribution >= 0.6 is 0 Å². The Hall–Kier alpha value is -2.30. The second kappa shape index (κ2) is 6.23. The Labute approximate surface area is 118 Å². The molecule has 0 aliphatic carbocycles. The summed E-state index contributed by atoms with van der Waals surface area (Å²) in [7, 11) is 1.53. The maximum Gasteiger partial charge on any atom is 0.299 e. The van der Waals surface area contributed by atoms with E-state index in [9.17, 15) is 4.79 Å². The number of aryl methyl sites for hydroxylation is 2. The van der Waals surface area contributed by atoms with Crippen molar-refractivity contribution < 1.29 is 4.74 Å². The van der Waals surface area contributed by atoms with Gasteiger partial charge in [0.15, 0.2) is 0 Å². The lowest BCUT2D eigenvalue weighted by Crippen LogP contribution is -2.23. The third-order valence-electron chi connectivity index (χ3n) is 3.11. The fourth-order valence-electron chi connectivity index (χ4n) is 2.08. The zero-order valence-corrected chi connectivity index (χ0v) is 11.8. The van der Waals surface area contributed by atoms with E-state index in [2.05, 4.69) is 4.98 Å². The quantitative estimate of drug-likeness (QED) is 0.843. The van der Waals surface area contributed by atoms with E-state index < -0.39 is 0 Å². The topological polar surface area (TPSA) is 70.1 Å². The van der Waals surface area contributed by atoms with Crippen molar-refractivity contribution in [2.24, 2.45) is 0 Å². The molecule has 0 aliphatic heterocycles. The van der Waals surface area contributed by atoms with Crippen LogP contribution < -0.4 is 16.0 Å². The summed E-state index contributed by atoms with van der Waals surface area (Å²) in [6, 6.07) is 9.66. The highest BCUT2D eigenvalue weighted by molar-refractivity contribution is 5.39. The van der Waals surface area contributed by atoms with Gasteiger partial charge in [0.2, 0.25) is 0 Å². The van der Waals surface area contributed by atoms with Gasteiger partial charge in [-0.1, -0.05) is 12.1 Å². The first kappa shape index (κ1) is 14.1. The molecule has 1 heterocycles. The molecule has 5 nitrogen and oxygen atoms in total. The summed E-state index contributed by atoms with van der Waals surface area (Å²) in [6.45, 7) is 2.36. The summed E-state index contributed by atoms with van der Waals surface area (Å²) in [5, 5.41) is 0. The van der Waals surface area contributed by atoms with Gasteiger partial charge in [-0.25, -0.2) is 4.98 Å². The molecule has 0 amide bonds. The first-order valence-corrected chi connectivity index (χ1v) is 6.57. The van der Waals surface area contributed by atoms with Crippen LogP contribution in [0.2, 0.25) is 0 Å². The Kier molecular flexibility index (Phi) is 4.40. The van der Waals surface area contributed by atoms with Crippen molar-refractivity contribution >= 4 is 5.69 Å². The number of hydrogen-bond donors (Lipinski definition) is 1. The molecule has 5 heteroatoms. The van der Waals surface area contributed by atoms with Gasteiger partial charge in [0.05, 0.1) is 7.11 Å². The first-order chi connectivity index (χ1) is 9.60. The summed E-state index contributed by atoms with van der Waals surface area (Å²) in [6.07, 6.45) is 1.72. The summed E-state index contributed by atoms with van der Waals surface area (Å²) in [5.74, 6) is 0. The zero-order valence-electron chi connectivity index (χ0n) is 11.8. The molecule has 20 heavy (non-hydrogen) atoms. The second-order valence-electron chi connectivity index (χ2n) is 4.72. The lowest BCUT2D eigenvalue weighted by molar-refractivity contribution is 0.342. The van der Waals surface area contributed by atoms with Crippen LogP contribution in [-0.2, 0) is 13.0 Å². The standard InChI is InChI=1S/C15H19N3O2/c1-11-10-14(19)18(15(17-11)20-2)9-3-4-12-5-7-13(16)8-6-12/h5-8,10H,3-4,9,16H2,1-2H3. The minimum atomic E-state index is -0.0772. The van der Waals surface area contributed by atoms with Gasteiger partial charge in [-0.3, -0.25) is 9.36 Å². The van der Waals surface area contributed by atoms with Gasteiger partial charge < -0.3 is 10.5 Å². The van der Waals surface area contributed by atoms with Crippen molar-refractivity contribution in [3.05, 3.63) is 51.9 Å². The van der Waals surface area contributed by atoms with Gasteiger partial charge in [0.25, 0.3) is 11.6 Å². The van der Waals surface area contributed by atoms with E-state index in [4.69, 9.17) is 10.5 Å². The zero-order chi connectivity index (χ0) is 14.5. The number of nitrogens with two attached hydrogens (primary N) is 1. The van der Waals surface area contributed by atoms with E-state index in [1.54, 1.807) is 11.5 Å². The molecule has 106 valence electrons. The molecule has 1 aromatic heterocycles. The number of anilines is 1. The number of rotatable bonds is 5. The number of hydrogen-bond acceptors (Lipinski definition) is 4. The molecule has 0 aliphatic rings. The van der Waals surface area contributed by atoms with E-state index in [0.29, 0.717) is 18.2 Å². The maximum atomic E-state index is 11.9. The van der Waals surface area contributed by atoms with Gasteiger partial charge in [-0.15, -0.1) is 0 Å². The number of ether oxygens (including phenoxy) is 1. The maximum absolute atomic E-state index is 11.9. The van der Waals surface area contributed by atoms with Crippen molar-refractivity contribution in [2.45, 2.75) is 26.3 Å². The van der Waals surface area contributed by atoms with Gasteiger partial charge in [-0.05, 0) is 37.5 Å². The number of nitrogen functional groups attached to an aromatic ring is 1. The Morgan fingerprint density at radius 2 is 2.00 bits per heavy atom. The summed E-state index contributed by atoms with van der Waals surface area (Å²) >= 11 is 0. The summed E-state index contributed by atoms with van der Waals surface area (Å²) in [5.41, 5.74) is 8.20. The van der Waals surface area contributed by atoms with E-state index in [-0.39, 0.29) is 5.56 Å². The third-order valence-corrected chi connectivity index (χ3v) is 3.11. The van der Waals surface area contributed by atoms with Crippen LogP contribution in [0.5, 0.6) is 6.01 Å². The molecule has 2 N–H and O–H groups in total. The molecule has 0 saturated carbocycles. The highest BCUT2D eigenvalue weighted by atomic mass is 16.5. The van der Waals surface area contributed by atoms with Crippen molar-refractivity contribution in [3.63, 3.8) is 0 Å². The number of methoxy groups -OCH3 is 1. The predicted octanol–water partition coefficient (Wildman–Crippen LogP) is 1.78. The lowest BCUT2D eigenvalue weighted by Gasteiger charge is -2.10.